The fourth-order valence-corrected chi connectivity index (χ4v) is 3.69. The van der Waals surface area contributed by atoms with Crippen molar-refractivity contribution in [3.8, 4) is 0 Å². The van der Waals surface area contributed by atoms with Crippen LogP contribution < -0.4 is 10.5 Å². The summed E-state index contributed by atoms with van der Waals surface area (Å²) in [4.78, 5) is 24.0. The molecule has 0 bridgehead atoms. The van der Waals surface area contributed by atoms with Gasteiger partial charge in [-0.05, 0) is 29.8 Å². The maximum Gasteiger partial charge on any atom is 0.416 e. The Labute approximate surface area is 167 Å². The molecule has 0 aliphatic rings. The third kappa shape index (κ3) is 4.42. The highest BCUT2D eigenvalue weighted by Gasteiger charge is 2.37. The molecular formula is C18H11F6NO4S. The fraction of sp³-hybridized carbons (Fsp3) is 0.222. The molecule has 2 heterocycles. The summed E-state index contributed by atoms with van der Waals surface area (Å²) in [7, 11) is 1.43. The number of hydrogen-bond donors (Lipinski definition) is 1. The Morgan fingerprint density at radius 3 is 2.10 bits per heavy atom. The number of thiophene rings is 1. The highest BCUT2D eigenvalue weighted by Crippen LogP contribution is 2.37. The van der Waals surface area contributed by atoms with Crippen LogP contribution in [0.5, 0.6) is 0 Å². The van der Waals surface area contributed by atoms with E-state index in [0.29, 0.717) is 17.1 Å². The van der Waals surface area contributed by atoms with Crippen LogP contribution >= 0.6 is 11.3 Å². The number of carboxylic acid groups (broad SMARTS) is 1. The molecule has 0 aliphatic carbocycles. The third-order valence-corrected chi connectivity index (χ3v) is 5.26. The second kappa shape index (κ2) is 7.35. The van der Waals surface area contributed by atoms with Crippen molar-refractivity contribution >= 4 is 32.6 Å². The molecule has 1 N–H and O–H groups in total. The van der Waals surface area contributed by atoms with Gasteiger partial charge in [0.1, 0.15) is 5.56 Å². The number of hydrogen-bond acceptors (Lipinski definition) is 5. The number of carboxylic acids is 1. The number of aromatic carboxylic acids is 1. The first-order valence-corrected chi connectivity index (χ1v) is 8.88. The lowest BCUT2D eigenvalue weighted by Crippen LogP contribution is -2.17. The van der Waals surface area contributed by atoms with Crippen LogP contribution in [0.1, 0.15) is 27.0 Å². The van der Waals surface area contributed by atoms with E-state index in [-0.39, 0.29) is 28.5 Å². The molecule has 12 heteroatoms. The largest absolute Gasteiger partial charge is 0.477 e. The molecule has 160 valence electrons. The van der Waals surface area contributed by atoms with Crippen molar-refractivity contribution in [1.82, 2.24) is 0 Å². The number of nitrogens with zero attached hydrogens (tertiary/aromatic N) is 1. The predicted molar refractivity (Wildman–Crippen MR) is 95.9 cm³/mol. The molecule has 3 aromatic rings. The Balaban J connectivity index is 1.98. The molecule has 5 nitrogen and oxygen atoms in total. The van der Waals surface area contributed by atoms with Crippen LogP contribution in [-0.2, 0) is 18.9 Å². The topological polar surface area (TPSA) is 70.8 Å². The molecule has 0 spiro atoms. The van der Waals surface area contributed by atoms with Crippen LogP contribution in [0.3, 0.4) is 0 Å². The molecule has 0 aliphatic heterocycles. The number of carbonyl (C=O) groups is 1. The number of fused-ring (bicyclic) bond motifs is 1. The molecule has 30 heavy (non-hydrogen) atoms. The van der Waals surface area contributed by atoms with Gasteiger partial charge in [-0.2, -0.15) is 26.3 Å². The first kappa shape index (κ1) is 21.7. The van der Waals surface area contributed by atoms with Crippen molar-refractivity contribution in [3.05, 3.63) is 63.0 Å². The summed E-state index contributed by atoms with van der Waals surface area (Å²) in [5.74, 6) is -1.49. The van der Waals surface area contributed by atoms with Crippen LogP contribution in [-0.4, -0.2) is 18.1 Å². The van der Waals surface area contributed by atoms with Crippen molar-refractivity contribution in [2.45, 2.75) is 18.9 Å². The van der Waals surface area contributed by atoms with Gasteiger partial charge in [0.2, 0.25) is 0 Å². The number of anilines is 1. The molecule has 2 aromatic heterocycles. The molecule has 0 fully saturated rings. The summed E-state index contributed by atoms with van der Waals surface area (Å²) in [5.41, 5.74) is -4.69. The van der Waals surface area contributed by atoms with E-state index in [1.165, 1.54) is 18.0 Å². The summed E-state index contributed by atoms with van der Waals surface area (Å²) in [5, 5.41) is 9.32. The predicted octanol–water partition coefficient (Wildman–Crippen LogP) is 5.23. The molecule has 0 atom stereocenters. The lowest BCUT2D eigenvalue weighted by molar-refractivity contribution is -0.143. The molecule has 0 amide bonds. The van der Waals surface area contributed by atoms with Gasteiger partial charge in [-0.3, -0.25) is 0 Å². The molecule has 3 rings (SSSR count). The minimum atomic E-state index is -4.96. The lowest BCUT2D eigenvalue weighted by atomic mass is 10.0. The van der Waals surface area contributed by atoms with Crippen molar-refractivity contribution in [1.29, 1.82) is 0 Å². The van der Waals surface area contributed by atoms with Gasteiger partial charge < -0.3 is 14.4 Å². The standard InChI is InChI=1S/C18H11F6NO4S/c1-25(14-6-12-13(30-14)5-11(15(26)27)16(28)29-12)7-8-2-9(17(19,20)21)4-10(3-8)18(22,23)24/h2-6H,7H2,1H3,(H,26,27). The number of rotatable bonds is 4. The zero-order valence-corrected chi connectivity index (χ0v) is 15.7. The summed E-state index contributed by atoms with van der Waals surface area (Å²) in [6.45, 7) is -0.310. The summed E-state index contributed by atoms with van der Waals surface area (Å²) < 4.78 is 83.2. The van der Waals surface area contributed by atoms with E-state index in [1.54, 1.807) is 0 Å². The summed E-state index contributed by atoms with van der Waals surface area (Å²) >= 11 is 0.970. The Morgan fingerprint density at radius 1 is 1.03 bits per heavy atom. The maximum absolute atomic E-state index is 13.0. The number of halogens is 6. The maximum atomic E-state index is 13.0. The van der Waals surface area contributed by atoms with Crippen LogP contribution in [0.2, 0.25) is 0 Å². The van der Waals surface area contributed by atoms with Crippen LogP contribution in [0.4, 0.5) is 31.3 Å². The molecule has 0 unspecified atom stereocenters. The van der Waals surface area contributed by atoms with Gasteiger partial charge in [-0.25, -0.2) is 9.59 Å². The fourth-order valence-electron chi connectivity index (χ4n) is 2.70. The van der Waals surface area contributed by atoms with E-state index in [9.17, 15) is 35.9 Å². The normalized spacial score (nSPS) is 12.4. The third-order valence-electron chi connectivity index (χ3n) is 4.08. The second-order valence-corrected chi connectivity index (χ2v) is 7.40. The first-order valence-electron chi connectivity index (χ1n) is 8.06. The van der Waals surface area contributed by atoms with Gasteiger partial charge in [0, 0.05) is 19.7 Å². The van der Waals surface area contributed by atoms with E-state index >= 15 is 0 Å². The van der Waals surface area contributed by atoms with Crippen LogP contribution in [0, 0.1) is 0 Å². The molecular weight excluding hydrogens is 440 g/mol. The minimum Gasteiger partial charge on any atom is -0.477 e. The monoisotopic (exact) mass is 451 g/mol. The van der Waals surface area contributed by atoms with Gasteiger partial charge >= 0.3 is 23.9 Å². The van der Waals surface area contributed by atoms with Crippen molar-refractivity contribution in [2.24, 2.45) is 0 Å². The van der Waals surface area contributed by atoms with E-state index in [4.69, 9.17) is 9.52 Å². The van der Waals surface area contributed by atoms with Gasteiger partial charge in [0.05, 0.1) is 20.8 Å². The molecule has 0 saturated heterocycles. The summed E-state index contributed by atoms with van der Waals surface area (Å²) in [6, 6.07) is 3.75. The zero-order chi connectivity index (χ0) is 22.4. The van der Waals surface area contributed by atoms with Gasteiger partial charge in [0.15, 0.2) is 5.58 Å². The van der Waals surface area contributed by atoms with Crippen molar-refractivity contribution in [2.75, 3.05) is 11.9 Å². The van der Waals surface area contributed by atoms with Crippen molar-refractivity contribution < 1.29 is 40.7 Å². The molecule has 0 radical (unpaired) electrons. The average Bonchev–Trinajstić information content (AvgIpc) is 3.02. The Morgan fingerprint density at radius 2 is 1.60 bits per heavy atom. The van der Waals surface area contributed by atoms with Gasteiger partial charge in [-0.1, -0.05) is 0 Å². The number of benzene rings is 1. The quantitative estimate of drug-likeness (QED) is 0.551. The van der Waals surface area contributed by atoms with Crippen molar-refractivity contribution in [3.63, 3.8) is 0 Å². The lowest BCUT2D eigenvalue weighted by Gasteiger charge is -2.19. The molecule has 1 aromatic carbocycles. The van der Waals surface area contributed by atoms with Crippen LogP contribution in [0.15, 0.2) is 39.5 Å². The highest BCUT2D eigenvalue weighted by molar-refractivity contribution is 7.22. The summed E-state index contributed by atoms with van der Waals surface area (Å²) in [6.07, 6.45) is -9.91. The molecule has 0 saturated carbocycles. The minimum absolute atomic E-state index is 0.0467. The van der Waals surface area contributed by atoms with E-state index in [2.05, 4.69) is 0 Å². The van der Waals surface area contributed by atoms with E-state index < -0.39 is 40.6 Å². The van der Waals surface area contributed by atoms with E-state index in [0.717, 1.165) is 17.4 Å². The Hall–Kier alpha value is -3.02. The zero-order valence-electron chi connectivity index (χ0n) is 14.9. The first-order chi connectivity index (χ1) is 13.8. The Kier molecular flexibility index (Phi) is 5.31. The second-order valence-electron chi connectivity index (χ2n) is 6.34. The average molecular weight is 451 g/mol. The van der Waals surface area contributed by atoms with Gasteiger partial charge in [-0.15, -0.1) is 11.3 Å². The van der Waals surface area contributed by atoms with Gasteiger partial charge in [0.25, 0.3) is 0 Å². The van der Waals surface area contributed by atoms with E-state index in [1.807, 2.05) is 0 Å². The SMILES string of the molecule is CN(Cc1cc(C(F)(F)F)cc(C(F)(F)F)c1)c1cc2oc(=O)c(C(=O)O)cc2s1. The van der Waals surface area contributed by atoms with Crippen LogP contribution in [0.25, 0.3) is 10.3 Å². The Bertz CT molecular complexity index is 1150. The number of alkyl halides is 6. The smallest absolute Gasteiger partial charge is 0.416 e. The highest BCUT2D eigenvalue weighted by atomic mass is 32.1.